The van der Waals surface area contributed by atoms with Gasteiger partial charge in [-0.05, 0) is 63.9 Å². The number of aromatic nitrogens is 2. The Morgan fingerprint density at radius 3 is 2.22 bits per heavy atom. The first-order valence-electron chi connectivity index (χ1n) is 14.6. The van der Waals surface area contributed by atoms with Crippen LogP contribution in [0.25, 0.3) is 16.9 Å². The molecular formula is C30H37F3N6O9S. The number of likely N-dealkylation sites (N-methyl/N-ethyl adjacent to an activating group) is 1. The Labute approximate surface area is 280 Å². The minimum atomic E-state index is -4.73. The number of sulfonamides is 1. The zero-order chi connectivity index (χ0) is 36.7. The summed E-state index contributed by atoms with van der Waals surface area (Å²) in [6.07, 6.45) is -7.12. The van der Waals surface area contributed by atoms with Crippen molar-refractivity contribution < 1.29 is 55.2 Å². The van der Waals surface area contributed by atoms with E-state index in [1.165, 1.54) is 19.2 Å². The van der Waals surface area contributed by atoms with Crippen LogP contribution in [0.3, 0.4) is 0 Å². The number of halogens is 3. The molecule has 15 nitrogen and oxygen atoms in total. The number of carbonyl (C=O) groups is 2. The number of alkyl halides is 3. The Bertz CT molecular complexity index is 1740. The Morgan fingerprint density at radius 1 is 1.06 bits per heavy atom. The van der Waals surface area contributed by atoms with Crippen molar-refractivity contribution >= 4 is 22.3 Å². The van der Waals surface area contributed by atoms with Gasteiger partial charge >= 0.3 is 18.4 Å². The summed E-state index contributed by atoms with van der Waals surface area (Å²) in [5.74, 6) is -0.323. The SMILES string of the molecule is Cc1ccc(-c2cc(C(F)(F)F)nn2-c2ccc(S(=O)(=O)NC(=O)OC[C@H](C(C)C)N(C)/[N+]([O-])=N/OCOC(=O)OC(C)(C)C)cc2)cc1. The lowest BCUT2D eigenvalue weighted by atomic mass is 10.1. The third-order valence-corrected chi connectivity index (χ3v) is 7.94. The van der Waals surface area contributed by atoms with Crippen molar-refractivity contribution in [1.29, 1.82) is 0 Å². The van der Waals surface area contributed by atoms with Crippen LogP contribution in [0.15, 0.2) is 64.8 Å². The van der Waals surface area contributed by atoms with Crippen molar-refractivity contribution in [2.75, 3.05) is 20.4 Å². The molecule has 268 valence electrons. The van der Waals surface area contributed by atoms with Gasteiger partial charge in [0, 0.05) is 5.56 Å². The average Bonchev–Trinajstić information content (AvgIpc) is 3.45. The lowest BCUT2D eigenvalue weighted by Crippen LogP contribution is -2.45. The second-order valence-corrected chi connectivity index (χ2v) is 13.6. The Balaban J connectivity index is 1.66. The summed E-state index contributed by atoms with van der Waals surface area (Å²) >= 11 is 0. The molecule has 0 aliphatic heterocycles. The Kier molecular flexibility index (Phi) is 12.1. The number of rotatable bonds is 12. The van der Waals surface area contributed by atoms with Gasteiger partial charge in [-0.1, -0.05) is 43.7 Å². The van der Waals surface area contributed by atoms with E-state index in [0.717, 1.165) is 33.5 Å². The zero-order valence-corrected chi connectivity index (χ0v) is 28.5. The fraction of sp³-hybridized carbons (Fsp3) is 0.433. The van der Waals surface area contributed by atoms with Crippen molar-refractivity contribution in [2.45, 2.75) is 64.3 Å². The molecule has 3 aromatic rings. The molecular weight excluding hydrogens is 677 g/mol. The van der Waals surface area contributed by atoms with E-state index in [4.69, 9.17) is 9.47 Å². The molecule has 1 heterocycles. The van der Waals surface area contributed by atoms with E-state index < -0.39 is 59.2 Å². The van der Waals surface area contributed by atoms with E-state index >= 15 is 0 Å². The molecule has 1 atom stereocenters. The van der Waals surface area contributed by atoms with Crippen molar-refractivity contribution in [3.63, 3.8) is 0 Å². The largest absolute Gasteiger partial charge is 0.569 e. The van der Waals surface area contributed by atoms with E-state index in [1.54, 1.807) is 63.6 Å². The zero-order valence-electron chi connectivity index (χ0n) is 27.7. The number of aryl methyl sites for hydroxylation is 1. The van der Waals surface area contributed by atoms with Gasteiger partial charge in [-0.3, -0.25) is 0 Å². The quantitative estimate of drug-likeness (QED) is 0.0585. The molecule has 1 N–H and O–H groups in total. The summed E-state index contributed by atoms with van der Waals surface area (Å²) in [7, 11) is -3.19. The van der Waals surface area contributed by atoms with Crippen LogP contribution in [0.2, 0.25) is 0 Å². The van der Waals surface area contributed by atoms with Crippen LogP contribution in [0.1, 0.15) is 45.9 Å². The molecule has 0 aliphatic carbocycles. The van der Waals surface area contributed by atoms with Gasteiger partial charge in [0.2, 0.25) is 5.28 Å². The number of benzene rings is 2. The standard InChI is InChI=1S/C30H37F3N6O9S/c1-19(2)25(37(7)39(42)36-47-18-46-28(41)48-29(4,5)6)17-45-27(40)35-49(43,44)23-14-12-22(13-15-23)38-24(16-26(34-38)30(31,32)33)21-10-8-20(3)9-11-21/h8-16,19,25H,17-18H2,1-7H3,(H,35,40)/b39-36-/t25-/m1/s1. The molecule has 0 fully saturated rings. The monoisotopic (exact) mass is 714 g/mol. The molecule has 0 bridgehead atoms. The highest BCUT2D eigenvalue weighted by Gasteiger charge is 2.35. The van der Waals surface area contributed by atoms with E-state index in [0.29, 0.717) is 5.56 Å². The van der Waals surface area contributed by atoms with Gasteiger partial charge in [0.1, 0.15) is 18.2 Å². The molecule has 1 amide bonds. The number of nitrogens with one attached hydrogen (secondary N) is 1. The first kappa shape index (κ1) is 38.4. The molecule has 0 aliphatic rings. The third kappa shape index (κ3) is 11.0. The second kappa shape index (κ2) is 15.4. The van der Waals surface area contributed by atoms with E-state index in [2.05, 4.69) is 20.0 Å². The molecule has 3 rings (SSSR count). The number of hydrazine groups is 1. The van der Waals surface area contributed by atoms with Gasteiger partial charge < -0.3 is 24.3 Å². The molecule has 49 heavy (non-hydrogen) atoms. The molecule has 0 unspecified atom stereocenters. The number of ether oxygens (including phenoxy) is 3. The predicted molar refractivity (Wildman–Crippen MR) is 166 cm³/mol. The van der Waals surface area contributed by atoms with Gasteiger partial charge in [0.25, 0.3) is 16.8 Å². The molecule has 19 heteroatoms. The van der Waals surface area contributed by atoms with Crippen molar-refractivity contribution in [3.8, 4) is 16.9 Å². The van der Waals surface area contributed by atoms with Crippen LogP contribution in [0, 0.1) is 18.0 Å². The minimum Gasteiger partial charge on any atom is -0.569 e. The first-order chi connectivity index (χ1) is 22.7. The van der Waals surface area contributed by atoms with Crippen LogP contribution < -0.4 is 4.72 Å². The lowest BCUT2D eigenvalue weighted by Gasteiger charge is -2.26. The Hall–Kier alpha value is -5.07. The van der Waals surface area contributed by atoms with E-state index in [-0.39, 0.29) is 27.2 Å². The van der Waals surface area contributed by atoms with Gasteiger partial charge in [-0.15, -0.1) is 5.01 Å². The van der Waals surface area contributed by atoms with Crippen molar-refractivity contribution in [2.24, 2.45) is 11.2 Å². The fourth-order valence-electron chi connectivity index (χ4n) is 4.12. The van der Waals surface area contributed by atoms with Crippen LogP contribution in [0.4, 0.5) is 22.8 Å². The topological polar surface area (TPSA) is 177 Å². The van der Waals surface area contributed by atoms with Crippen LogP contribution in [-0.2, 0) is 35.2 Å². The maximum Gasteiger partial charge on any atom is 0.511 e. The highest BCUT2D eigenvalue weighted by atomic mass is 32.2. The van der Waals surface area contributed by atoms with E-state index in [9.17, 15) is 36.4 Å². The molecule has 2 aromatic carbocycles. The second-order valence-electron chi connectivity index (χ2n) is 12.0. The van der Waals surface area contributed by atoms with Crippen molar-refractivity contribution in [3.05, 3.63) is 71.1 Å². The van der Waals surface area contributed by atoms with Crippen molar-refractivity contribution in [1.82, 2.24) is 19.5 Å². The summed E-state index contributed by atoms with van der Waals surface area (Å²) in [6.45, 7) is 8.91. The normalized spacial score (nSPS) is 13.1. The summed E-state index contributed by atoms with van der Waals surface area (Å²) in [5, 5.41) is 20.3. The highest BCUT2D eigenvalue weighted by Crippen LogP contribution is 2.33. The number of nitrogens with zero attached hydrogens (tertiary/aromatic N) is 5. The number of carbonyl (C=O) groups excluding carboxylic acids is 2. The summed E-state index contributed by atoms with van der Waals surface area (Å²) in [4.78, 5) is 28.3. The first-order valence-corrected chi connectivity index (χ1v) is 16.1. The molecule has 0 saturated heterocycles. The highest BCUT2D eigenvalue weighted by molar-refractivity contribution is 7.90. The van der Waals surface area contributed by atoms with E-state index in [1.807, 2.05) is 6.92 Å². The average molecular weight is 715 g/mol. The third-order valence-electron chi connectivity index (χ3n) is 6.61. The summed E-state index contributed by atoms with van der Waals surface area (Å²) in [6, 6.07) is 11.5. The maximum absolute atomic E-state index is 13.5. The lowest BCUT2D eigenvalue weighted by molar-refractivity contribution is -0.715. The van der Waals surface area contributed by atoms with Gasteiger partial charge in [0.05, 0.1) is 28.3 Å². The molecule has 1 aromatic heterocycles. The number of hydrogen-bond donors (Lipinski definition) is 1. The molecule has 0 saturated carbocycles. The number of amides is 1. The van der Waals surface area contributed by atoms with Gasteiger partial charge in [0.15, 0.2) is 5.69 Å². The molecule has 0 spiro atoms. The number of hydrogen-bond acceptors (Lipinski definition) is 11. The molecule has 0 radical (unpaired) electrons. The van der Waals surface area contributed by atoms with Gasteiger partial charge in [-0.2, -0.15) is 18.3 Å². The van der Waals surface area contributed by atoms with Crippen LogP contribution in [-0.4, -0.2) is 72.5 Å². The Morgan fingerprint density at radius 2 is 1.67 bits per heavy atom. The minimum absolute atomic E-state index is 0.0181. The summed E-state index contributed by atoms with van der Waals surface area (Å²) < 4.78 is 83.8. The van der Waals surface area contributed by atoms with Gasteiger partial charge in [-0.25, -0.2) is 27.4 Å². The smallest absolute Gasteiger partial charge is 0.511 e. The predicted octanol–water partition coefficient (Wildman–Crippen LogP) is 5.96. The van der Waals surface area contributed by atoms with Crippen LogP contribution >= 0.6 is 0 Å². The fourth-order valence-corrected chi connectivity index (χ4v) is 5.01. The maximum atomic E-state index is 13.5. The summed E-state index contributed by atoms with van der Waals surface area (Å²) in [5.41, 5.74) is -0.338. The van der Waals surface area contributed by atoms with Crippen LogP contribution in [0.5, 0.6) is 0 Å².